The maximum absolute atomic E-state index is 5.73. The van der Waals surface area contributed by atoms with E-state index in [4.69, 9.17) is 4.74 Å². The molecule has 72 valence electrons. The van der Waals surface area contributed by atoms with Crippen LogP contribution in [0.2, 0.25) is 0 Å². The Balaban J connectivity index is 2.01. The van der Waals surface area contributed by atoms with Crippen LogP contribution in [-0.2, 0) is 4.74 Å². The highest BCUT2D eigenvalue weighted by molar-refractivity contribution is 4.90. The van der Waals surface area contributed by atoms with Crippen molar-refractivity contribution in [3.8, 4) is 0 Å². The summed E-state index contributed by atoms with van der Waals surface area (Å²) in [6.45, 7) is 9.31. The molecule has 0 unspecified atom stereocenters. The predicted molar refractivity (Wildman–Crippen MR) is 50.4 cm³/mol. The van der Waals surface area contributed by atoms with Crippen LogP contribution < -0.4 is 5.32 Å². The van der Waals surface area contributed by atoms with Crippen molar-refractivity contribution in [1.29, 1.82) is 0 Å². The Bertz CT molecular complexity index is 134. The third-order valence-electron chi connectivity index (χ3n) is 2.46. The highest BCUT2D eigenvalue weighted by Gasteiger charge is 2.32. The monoisotopic (exact) mass is 172 g/mol. The number of likely N-dealkylation sites (N-methyl/N-ethyl adjacent to an activating group) is 1. The van der Waals surface area contributed by atoms with Gasteiger partial charge in [0.1, 0.15) is 0 Å². The Kier molecular flexibility index (Phi) is 3.50. The van der Waals surface area contributed by atoms with Crippen molar-refractivity contribution < 1.29 is 4.74 Å². The molecule has 0 aromatic carbocycles. The summed E-state index contributed by atoms with van der Waals surface area (Å²) in [7, 11) is 2.12. The summed E-state index contributed by atoms with van der Waals surface area (Å²) in [4.78, 5) is 2.26. The van der Waals surface area contributed by atoms with Gasteiger partial charge in [0, 0.05) is 19.6 Å². The SMILES string of the molecule is CCN(C)CCOC1(C)CNC1. The van der Waals surface area contributed by atoms with Gasteiger partial charge in [-0.25, -0.2) is 0 Å². The van der Waals surface area contributed by atoms with Crippen molar-refractivity contribution in [3.05, 3.63) is 0 Å². The van der Waals surface area contributed by atoms with Gasteiger partial charge in [0.25, 0.3) is 0 Å². The third kappa shape index (κ3) is 2.73. The maximum Gasteiger partial charge on any atom is 0.0902 e. The van der Waals surface area contributed by atoms with Crippen LogP contribution in [0.4, 0.5) is 0 Å². The molecule has 0 aromatic heterocycles. The first kappa shape index (κ1) is 9.96. The second kappa shape index (κ2) is 4.21. The number of hydrogen-bond acceptors (Lipinski definition) is 3. The Hall–Kier alpha value is -0.120. The number of ether oxygens (including phenoxy) is 1. The zero-order valence-electron chi connectivity index (χ0n) is 8.39. The van der Waals surface area contributed by atoms with Gasteiger partial charge in [0.15, 0.2) is 0 Å². The van der Waals surface area contributed by atoms with E-state index < -0.39 is 0 Å². The molecule has 1 N–H and O–H groups in total. The van der Waals surface area contributed by atoms with Crippen molar-refractivity contribution in [1.82, 2.24) is 10.2 Å². The van der Waals surface area contributed by atoms with Crippen LogP contribution in [0.15, 0.2) is 0 Å². The minimum Gasteiger partial charge on any atom is -0.371 e. The largest absolute Gasteiger partial charge is 0.371 e. The number of rotatable bonds is 5. The first-order chi connectivity index (χ1) is 5.66. The number of nitrogens with zero attached hydrogens (tertiary/aromatic N) is 1. The molecule has 1 heterocycles. The highest BCUT2D eigenvalue weighted by Crippen LogP contribution is 2.14. The molecule has 1 rings (SSSR count). The van der Waals surface area contributed by atoms with Gasteiger partial charge in [-0.2, -0.15) is 0 Å². The molecule has 0 radical (unpaired) electrons. The van der Waals surface area contributed by atoms with Gasteiger partial charge in [0.05, 0.1) is 12.2 Å². The maximum atomic E-state index is 5.73. The van der Waals surface area contributed by atoms with Gasteiger partial charge in [0.2, 0.25) is 0 Å². The van der Waals surface area contributed by atoms with Crippen molar-refractivity contribution in [2.75, 3.05) is 39.8 Å². The molecule has 0 aromatic rings. The lowest BCUT2D eigenvalue weighted by Crippen LogP contribution is -2.59. The molecule has 0 bridgehead atoms. The van der Waals surface area contributed by atoms with Gasteiger partial charge in [-0.1, -0.05) is 6.92 Å². The van der Waals surface area contributed by atoms with E-state index in [-0.39, 0.29) is 5.60 Å². The van der Waals surface area contributed by atoms with E-state index in [1.807, 2.05) is 0 Å². The molecule has 0 atom stereocenters. The Labute approximate surface area is 75.1 Å². The molecule has 0 saturated carbocycles. The van der Waals surface area contributed by atoms with E-state index in [1.165, 1.54) is 0 Å². The van der Waals surface area contributed by atoms with E-state index in [0.717, 1.165) is 32.8 Å². The van der Waals surface area contributed by atoms with Crippen LogP contribution in [0.1, 0.15) is 13.8 Å². The van der Waals surface area contributed by atoms with Crippen molar-refractivity contribution in [2.45, 2.75) is 19.4 Å². The first-order valence-electron chi connectivity index (χ1n) is 4.69. The molecule has 0 aliphatic carbocycles. The molecule has 12 heavy (non-hydrogen) atoms. The molecule has 1 aliphatic rings. The zero-order valence-corrected chi connectivity index (χ0v) is 8.39. The normalized spacial score (nSPS) is 21.0. The lowest BCUT2D eigenvalue weighted by molar-refractivity contribution is -0.0706. The van der Waals surface area contributed by atoms with E-state index in [9.17, 15) is 0 Å². The second-order valence-electron chi connectivity index (χ2n) is 3.80. The average molecular weight is 172 g/mol. The summed E-state index contributed by atoms with van der Waals surface area (Å²) in [5.74, 6) is 0. The van der Waals surface area contributed by atoms with Gasteiger partial charge < -0.3 is 15.0 Å². The van der Waals surface area contributed by atoms with E-state index >= 15 is 0 Å². The lowest BCUT2D eigenvalue weighted by atomic mass is 10.0. The first-order valence-corrected chi connectivity index (χ1v) is 4.69. The minimum atomic E-state index is 0.120. The fourth-order valence-electron chi connectivity index (χ4n) is 1.19. The summed E-state index contributed by atoms with van der Waals surface area (Å²) < 4.78 is 5.73. The molecule has 1 saturated heterocycles. The molecule has 3 heteroatoms. The van der Waals surface area contributed by atoms with E-state index in [2.05, 4.69) is 31.1 Å². The van der Waals surface area contributed by atoms with Crippen molar-refractivity contribution >= 4 is 0 Å². The molecule has 0 spiro atoms. The Morgan fingerprint density at radius 1 is 1.50 bits per heavy atom. The number of nitrogens with one attached hydrogen (secondary N) is 1. The van der Waals surface area contributed by atoms with Crippen LogP contribution in [0.5, 0.6) is 0 Å². The summed E-state index contributed by atoms with van der Waals surface area (Å²) >= 11 is 0. The Morgan fingerprint density at radius 2 is 2.17 bits per heavy atom. The topological polar surface area (TPSA) is 24.5 Å². The van der Waals surface area contributed by atoms with Crippen LogP contribution in [0.25, 0.3) is 0 Å². The molecule has 1 aliphatic heterocycles. The van der Waals surface area contributed by atoms with Crippen LogP contribution in [0, 0.1) is 0 Å². The lowest BCUT2D eigenvalue weighted by Gasteiger charge is -2.39. The third-order valence-corrected chi connectivity index (χ3v) is 2.46. The van der Waals surface area contributed by atoms with Crippen molar-refractivity contribution in [2.24, 2.45) is 0 Å². The summed E-state index contributed by atoms with van der Waals surface area (Å²) in [5, 5.41) is 3.22. The van der Waals surface area contributed by atoms with Crippen LogP contribution in [0.3, 0.4) is 0 Å². The molecule has 1 fully saturated rings. The second-order valence-corrected chi connectivity index (χ2v) is 3.80. The molecule has 0 amide bonds. The quantitative estimate of drug-likeness (QED) is 0.646. The fraction of sp³-hybridized carbons (Fsp3) is 1.00. The van der Waals surface area contributed by atoms with Gasteiger partial charge >= 0.3 is 0 Å². The number of hydrogen-bond donors (Lipinski definition) is 1. The molecular weight excluding hydrogens is 152 g/mol. The average Bonchev–Trinajstić information content (AvgIpc) is 2.01. The van der Waals surface area contributed by atoms with Gasteiger partial charge in [-0.15, -0.1) is 0 Å². The zero-order chi connectivity index (χ0) is 9.03. The standard InChI is InChI=1S/C9H20N2O/c1-4-11(3)5-6-12-9(2)7-10-8-9/h10H,4-8H2,1-3H3. The fourth-order valence-corrected chi connectivity index (χ4v) is 1.19. The van der Waals surface area contributed by atoms with Crippen LogP contribution >= 0.6 is 0 Å². The molecule has 3 nitrogen and oxygen atoms in total. The smallest absolute Gasteiger partial charge is 0.0902 e. The van der Waals surface area contributed by atoms with Gasteiger partial charge in [-0.05, 0) is 20.5 Å². The van der Waals surface area contributed by atoms with Crippen LogP contribution in [-0.4, -0.2) is 50.3 Å². The Morgan fingerprint density at radius 3 is 2.58 bits per heavy atom. The minimum absolute atomic E-state index is 0.120. The summed E-state index contributed by atoms with van der Waals surface area (Å²) in [5.41, 5.74) is 0.120. The summed E-state index contributed by atoms with van der Waals surface area (Å²) in [6.07, 6.45) is 0. The van der Waals surface area contributed by atoms with Gasteiger partial charge in [-0.3, -0.25) is 0 Å². The van der Waals surface area contributed by atoms with Crippen molar-refractivity contribution in [3.63, 3.8) is 0 Å². The summed E-state index contributed by atoms with van der Waals surface area (Å²) in [6, 6.07) is 0. The molecular formula is C9H20N2O. The van der Waals surface area contributed by atoms with E-state index in [0.29, 0.717) is 0 Å². The predicted octanol–water partition coefficient (Wildman–Crippen LogP) is 0.317. The highest BCUT2D eigenvalue weighted by atomic mass is 16.5. The van der Waals surface area contributed by atoms with E-state index in [1.54, 1.807) is 0 Å².